The topological polar surface area (TPSA) is 29.5 Å². The molecule has 86 valence electrons. The summed E-state index contributed by atoms with van der Waals surface area (Å²) in [5, 5.41) is 0. The van der Waals surface area contributed by atoms with Crippen LogP contribution in [0.2, 0.25) is 0 Å². The Kier molecular flexibility index (Phi) is 3.29. The van der Waals surface area contributed by atoms with Gasteiger partial charge in [-0.2, -0.15) is 0 Å². The van der Waals surface area contributed by atoms with Gasteiger partial charge in [0.1, 0.15) is 6.10 Å². The molecule has 2 rings (SSSR count). The Bertz CT molecular complexity index is 232. The number of rotatable bonds is 2. The van der Waals surface area contributed by atoms with Crippen molar-refractivity contribution >= 4 is 5.97 Å². The van der Waals surface area contributed by atoms with Gasteiger partial charge in [0.15, 0.2) is 0 Å². The number of cyclic esters (lactones) is 1. The first-order valence-electron chi connectivity index (χ1n) is 6.10. The molecule has 0 bridgehead atoms. The molecular weight excluding hydrogens is 190 g/mol. The maximum atomic E-state index is 11.0. The minimum atomic E-state index is 0.00582. The summed E-state index contributed by atoms with van der Waals surface area (Å²) in [6.45, 7) is 6.82. The number of carbonyl (C=O) groups excluding carboxylic acids is 1. The van der Waals surface area contributed by atoms with Crippen molar-refractivity contribution < 1.29 is 9.53 Å². The maximum Gasteiger partial charge on any atom is 0.306 e. The second kappa shape index (κ2) is 4.52. The molecule has 0 aromatic heterocycles. The fraction of sp³-hybridized carbons (Fsp3) is 0.917. The molecule has 15 heavy (non-hydrogen) atoms. The summed E-state index contributed by atoms with van der Waals surface area (Å²) in [6.07, 6.45) is 4.19. The third-order valence-electron chi connectivity index (χ3n) is 3.75. The second-order valence-electron chi connectivity index (χ2n) is 5.03. The van der Waals surface area contributed by atoms with E-state index in [4.69, 9.17) is 4.74 Å². The van der Waals surface area contributed by atoms with E-state index in [9.17, 15) is 4.79 Å². The van der Waals surface area contributed by atoms with Gasteiger partial charge in [0.25, 0.3) is 0 Å². The molecule has 1 atom stereocenters. The normalized spacial score (nSPS) is 29.8. The van der Waals surface area contributed by atoms with Crippen LogP contribution in [-0.4, -0.2) is 36.1 Å². The van der Waals surface area contributed by atoms with Crippen LogP contribution in [0.1, 0.15) is 39.5 Å². The molecule has 2 heterocycles. The van der Waals surface area contributed by atoms with Gasteiger partial charge in [0.2, 0.25) is 0 Å². The number of esters is 1. The minimum Gasteiger partial charge on any atom is -0.462 e. The van der Waals surface area contributed by atoms with E-state index in [1.165, 1.54) is 12.8 Å². The van der Waals surface area contributed by atoms with E-state index in [1.54, 1.807) is 0 Å². The Morgan fingerprint density at radius 3 is 2.40 bits per heavy atom. The number of ether oxygens (including phenoxy) is 1. The summed E-state index contributed by atoms with van der Waals surface area (Å²) in [6, 6.07) is 0.650. The van der Waals surface area contributed by atoms with Gasteiger partial charge in [-0.15, -0.1) is 0 Å². The van der Waals surface area contributed by atoms with Crippen molar-refractivity contribution in [2.24, 2.45) is 5.92 Å². The molecule has 0 radical (unpaired) electrons. The Hall–Kier alpha value is -0.570. The summed E-state index contributed by atoms with van der Waals surface area (Å²) in [5.41, 5.74) is 0. The highest BCUT2D eigenvalue weighted by atomic mass is 16.5. The van der Waals surface area contributed by atoms with Crippen LogP contribution in [0.4, 0.5) is 0 Å². The number of piperidine rings is 1. The zero-order valence-corrected chi connectivity index (χ0v) is 9.74. The second-order valence-corrected chi connectivity index (χ2v) is 5.03. The number of hydrogen-bond acceptors (Lipinski definition) is 3. The van der Waals surface area contributed by atoms with Gasteiger partial charge in [0, 0.05) is 12.5 Å². The average molecular weight is 211 g/mol. The summed E-state index contributed by atoms with van der Waals surface area (Å²) in [5.74, 6) is 0.623. The third-order valence-corrected chi connectivity index (χ3v) is 3.75. The molecule has 0 aromatic carbocycles. The smallest absolute Gasteiger partial charge is 0.306 e. The third kappa shape index (κ3) is 2.51. The Labute approximate surface area is 91.8 Å². The first kappa shape index (κ1) is 10.9. The van der Waals surface area contributed by atoms with Gasteiger partial charge in [-0.3, -0.25) is 4.79 Å². The van der Waals surface area contributed by atoms with Gasteiger partial charge in [-0.05, 0) is 52.1 Å². The molecule has 3 heteroatoms. The van der Waals surface area contributed by atoms with Crippen LogP contribution < -0.4 is 0 Å². The van der Waals surface area contributed by atoms with E-state index in [-0.39, 0.29) is 12.1 Å². The highest BCUT2D eigenvalue weighted by molar-refractivity contribution is 5.71. The summed E-state index contributed by atoms with van der Waals surface area (Å²) in [4.78, 5) is 13.5. The first-order chi connectivity index (χ1) is 7.16. The molecule has 0 saturated carbocycles. The van der Waals surface area contributed by atoms with Gasteiger partial charge >= 0.3 is 5.97 Å². The van der Waals surface area contributed by atoms with Crippen molar-refractivity contribution in [3.63, 3.8) is 0 Å². The van der Waals surface area contributed by atoms with Gasteiger partial charge in [-0.25, -0.2) is 0 Å². The fourth-order valence-corrected chi connectivity index (χ4v) is 2.69. The average Bonchev–Trinajstić information content (AvgIpc) is 2.65. The summed E-state index contributed by atoms with van der Waals surface area (Å²) >= 11 is 0. The standard InChI is InChI=1S/C12H21NO2/c1-9(2)13-7-5-10(6-8-13)11-3-4-12(14)15-11/h9-11H,3-8H2,1-2H3. The van der Waals surface area contributed by atoms with Crippen LogP contribution in [0, 0.1) is 5.92 Å². The number of likely N-dealkylation sites (tertiary alicyclic amines) is 1. The molecule has 2 fully saturated rings. The van der Waals surface area contributed by atoms with Gasteiger partial charge in [-0.1, -0.05) is 0 Å². The van der Waals surface area contributed by atoms with E-state index >= 15 is 0 Å². The Balaban J connectivity index is 1.80. The van der Waals surface area contributed by atoms with Gasteiger partial charge in [0.05, 0.1) is 0 Å². The lowest BCUT2D eigenvalue weighted by Gasteiger charge is -2.36. The molecule has 2 saturated heterocycles. The lowest BCUT2D eigenvalue weighted by Crippen LogP contribution is -2.41. The van der Waals surface area contributed by atoms with E-state index < -0.39 is 0 Å². The van der Waals surface area contributed by atoms with Crippen LogP contribution in [0.5, 0.6) is 0 Å². The van der Waals surface area contributed by atoms with Crippen LogP contribution in [-0.2, 0) is 9.53 Å². The fourth-order valence-electron chi connectivity index (χ4n) is 2.69. The molecule has 1 unspecified atom stereocenters. The molecule has 0 spiro atoms. The molecule has 0 aromatic rings. The minimum absolute atomic E-state index is 0.00582. The molecular formula is C12H21NO2. The van der Waals surface area contributed by atoms with E-state index in [0.717, 1.165) is 19.5 Å². The molecule has 0 aliphatic carbocycles. The lowest BCUT2D eigenvalue weighted by molar-refractivity contribution is -0.143. The largest absolute Gasteiger partial charge is 0.462 e. The molecule has 0 amide bonds. The predicted octanol–water partition coefficient (Wildman–Crippen LogP) is 1.81. The zero-order valence-electron chi connectivity index (χ0n) is 9.74. The van der Waals surface area contributed by atoms with Crippen molar-refractivity contribution in [3.05, 3.63) is 0 Å². The van der Waals surface area contributed by atoms with Crippen LogP contribution in [0.25, 0.3) is 0 Å². The lowest BCUT2D eigenvalue weighted by atomic mass is 9.89. The van der Waals surface area contributed by atoms with Crippen LogP contribution in [0.15, 0.2) is 0 Å². The van der Waals surface area contributed by atoms with Crippen molar-refractivity contribution in [1.82, 2.24) is 4.90 Å². The monoisotopic (exact) mass is 211 g/mol. The molecule has 3 nitrogen and oxygen atoms in total. The predicted molar refractivity (Wildman–Crippen MR) is 58.5 cm³/mol. The number of nitrogens with zero attached hydrogens (tertiary/aromatic N) is 1. The highest BCUT2D eigenvalue weighted by Crippen LogP contribution is 2.29. The van der Waals surface area contributed by atoms with E-state index in [0.29, 0.717) is 18.4 Å². The van der Waals surface area contributed by atoms with Gasteiger partial charge < -0.3 is 9.64 Å². The van der Waals surface area contributed by atoms with Crippen molar-refractivity contribution in [2.75, 3.05) is 13.1 Å². The Morgan fingerprint density at radius 1 is 1.27 bits per heavy atom. The maximum absolute atomic E-state index is 11.0. The Morgan fingerprint density at radius 2 is 1.93 bits per heavy atom. The van der Waals surface area contributed by atoms with Crippen LogP contribution >= 0.6 is 0 Å². The quantitative estimate of drug-likeness (QED) is 0.652. The van der Waals surface area contributed by atoms with E-state index in [1.807, 2.05) is 0 Å². The van der Waals surface area contributed by atoms with Crippen LogP contribution in [0.3, 0.4) is 0 Å². The van der Waals surface area contributed by atoms with Crippen molar-refractivity contribution in [2.45, 2.75) is 51.7 Å². The van der Waals surface area contributed by atoms with Crippen molar-refractivity contribution in [3.8, 4) is 0 Å². The first-order valence-corrected chi connectivity index (χ1v) is 6.10. The molecule has 2 aliphatic heterocycles. The zero-order chi connectivity index (χ0) is 10.8. The number of hydrogen-bond donors (Lipinski definition) is 0. The van der Waals surface area contributed by atoms with E-state index in [2.05, 4.69) is 18.7 Å². The number of carbonyl (C=O) groups is 1. The highest BCUT2D eigenvalue weighted by Gasteiger charge is 2.33. The van der Waals surface area contributed by atoms with Crippen molar-refractivity contribution in [1.29, 1.82) is 0 Å². The molecule has 0 N–H and O–H groups in total. The summed E-state index contributed by atoms with van der Waals surface area (Å²) < 4.78 is 5.34. The molecule has 2 aliphatic rings. The SMILES string of the molecule is CC(C)N1CCC(C2CCC(=O)O2)CC1. The summed E-state index contributed by atoms with van der Waals surface area (Å²) in [7, 11) is 0.